The maximum atomic E-state index is 5.77. The Morgan fingerprint density at radius 1 is 1.35 bits per heavy atom. The second-order valence-corrected chi connectivity index (χ2v) is 6.39. The molecule has 94 valence electrons. The van der Waals surface area contributed by atoms with Gasteiger partial charge in [0.05, 0.1) is 0 Å². The summed E-state index contributed by atoms with van der Waals surface area (Å²) in [6.07, 6.45) is 6.25. The summed E-state index contributed by atoms with van der Waals surface area (Å²) < 4.78 is 2.41. The zero-order chi connectivity index (χ0) is 11.8. The van der Waals surface area contributed by atoms with Crippen molar-refractivity contribution in [1.29, 1.82) is 0 Å². The van der Waals surface area contributed by atoms with E-state index in [2.05, 4.69) is 21.7 Å². The van der Waals surface area contributed by atoms with Crippen molar-refractivity contribution in [1.82, 2.24) is 14.8 Å². The van der Waals surface area contributed by atoms with Crippen LogP contribution in [0.15, 0.2) is 5.16 Å². The maximum Gasteiger partial charge on any atom is 0.191 e. The molecule has 2 aliphatic carbocycles. The van der Waals surface area contributed by atoms with E-state index < -0.39 is 0 Å². The van der Waals surface area contributed by atoms with E-state index in [0.29, 0.717) is 12.0 Å². The zero-order valence-electron chi connectivity index (χ0n) is 10.3. The highest BCUT2D eigenvalue weighted by molar-refractivity contribution is 7.99. The molecular weight excluding hydrogens is 232 g/mol. The van der Waals surface area contributed by atoms with Gasteiger partial charge in [-0.15, -0.1) is 10.2 Å². The van der Waals surface area contributed by atoms with Gasteiger partial charge in [0.1, 0.15) is 5.82 Å². The van der Waals surface area contributed by atoms with Gasteiger partial charge in [-0.3, -0.25) is 0 Å². The van der Waals surface area contributed by atoms with E-state index in [1.807, 2.05) is 11.8 Å². The van der Waals surface area contributed by atoms with Crippen LogP contribution in [0.2, 0.25) is 0 Å². The van der Waals surface area contributed by atoms with E-state index >= 15 is 0 Å². The summed E-state index contributed by atoms with van der Waals surface area (Å²) >= 11 is 1.82. The van der Waals surface area contributed by atoms with Crippen molar-refractivity contribution >= 4 is 11.8 Å². The van der Waals surface area contributed by atoms with Gasteiger partial charge in [0.15, 0.2) is 5.16 Å². The number of nitrogens with two attached hydrogens (primary N) is 1. The number of hydrogen-bond acceptors (Lipinski definition) is 4. The number of rotatable bonds is 6. The van der Waals surface area contributed by atoms with Crippen LogP contribution in [0.4, 0.5) is 0 Å². The fraction of sp³-hybridized carbons (Fsp3) is 0.833. The van der Waals surface area contributed by atoms with Gasteiger partial charge in [-0.2, -0.15) is 0 Å². The van der Waals surface area contributed by atoms with Crippen LogP contribution in [-0.2, 0) is 0 Å². The normalized spacial score (nSPS) is 21.8. The largest absolute Gasteiger partial charge is 0.328 e. The molecule has 0 radical (unpaired) electrons. The topological polar surface area (TPSA) is 56.7 Å². The summed E-state index contributed by atoms with van der Waals surface area (Å²) in [6, 6.07) is 0.973. The molecule has 0 aromatic carbocycles. The third-order valence-corrected chi connectivity index (χ3v) is 4.33. The Morgan fingerprint density at radius 3 is 2.71 bits per heavy atom. The molecule has 0 saturated heterocycles. The minimum Gasteiger partial charge on any atom is -0.328 e. The second-order valence-electron chi connectivity index (χ2n) is 5.33. The molecule has 0 amide bonds. The van der Waals surface area contributed by atoms with E-state index in [1.54, 1.807) is 0 Å². The minimum absolute atomic E-state index is 0.280. The first-order valence-corrected chi connectivity index (χ1v) is 7.57. The summed E-state index contributed by atoms with van der Waals surface area (Å²) in [5, 5.41) is 9.89. The minimum atomic E-state index is 0.280. The monoisotopic (exact) mass is 252 g/mol. The first-order chi connectivity index (χ1) is 8.25. The third-order valence-electron chi connectivity index (χ3n) is 3.35. The van der Waals surface area contributed by atoms with Gasteiger partial charge in [0.25, 0.3) is 0 Å². The zero-order valence-corrected chi connectivity index (χ0v) is 11.1. The molecule has 0 spiro atoms. The Balaban J connectivity index is 1.70. The molecule has 0 aliphatic heterocycles. The van der Waals surface area contributed by atoms with Gasteiger partial charge >= 0.3 is 0 Å². The van der Waals surface area contributed by atoms with Crippen LogP contribution >= 0.6 is 11.8 Å². The van der Waals surface area contributed by atoms with Crippen LogP contribution in [0.1, 0.15) is 56.8 Å². The number of hydrogen-bond donors (Lipinski definition) is 1. The highest BCUT2D eigenvalue weighted by Gasteiger charge is 2.36. The van der Waals surface area contributed by atoms with Gasteiger partial charge in [0, 0.05) is 23.8 Å². The van der Waals surface area contributed by atoms with Crippen LogP contribution in [0.25, 0.3) is 0 Å². The van der Waals surface area contributed by atoms with Gasteiger partial charge in [-0.1, -0.05) is 11.8 Å². The molecule has 2 saturated carbocycles. The molecule has 2 aliphatic rings. The molecule has 5 heteroatoms. The van der Waals surface area contributed by atoms with E-state index in [1.165, 1.54) is 31.5 Å². The Kier molecular flexibility index (Phi) is 3.13. The fourth-order valence-electron chi connectivity index (χ4n) is 2.02. The van der Waals surface area contributed by atoms with Gasteiger partial charge in [-0.25, -0.2) is 0 Å². The van der Waals surface area contributed by atoms with Gasteiger partial charge < -0.3 is 10.3 Å². The van der Waals surface area contributed by atoms with Crippen molar-refractivity contribution in [3.8, 4) is 0 Å². The average Bonchev–Trinajstić information content (AvgIpc) is 3.18. The van der Waals surface area contributed by atoms with Crippen molar-refractivity contribution in [3.05, 3.63) is 5.82 Å². The summed E-state index contributed by atoms with van der Waals surface area (Å²) in [7, 11) is 0. The highest BCUT2D eigenvalue weighted by atomic mass is 32.2. The van der Waals surface area contributed by atoms with Gasteiger partial charge in [-0.05, 0) is 39.0 Å². The Morgan fingerprint density at radius 2 is 2.12 bits per heavy atom. The molecular formula is C12H20N4S. The summed E-state index contributed by atoms with van der Waals surface area (Å²) in [5.74, 6) is 2.99. The maximum absolute atomic E-state index is 5.77. The van der Waals surface area contributed by atoms with Crippen LogP contribution in [-0.4, -0.2) is 26.6 Å². The van der Waals surface area contributed by atoms with E-state index in [0.717, 1.165) is 17.3 Å². The predicted molar refractivity (Wildman–Crippen MR) is 69.3 cm³/mol. The predicted octanol–water partition coefficient (Wildman–Crippen LogP) is 2.32. The summed E-state index contributed by atoms with van der Waals surface area (Å²) in [6.45, 7) is 2.06. The molecule has 1 unspecified atom stereocenters. The Hall–Kier alpha value is -0.550. The number of aromatic nitrogens is 3. The highest BCUT2D eigenvalue weighted by Crippen LogP contribution is 2.45. The first-order valence-electron chi connectivity index (χ1n) is 6.59. The molecule has 3 rings (SSSR count). The van der Waals surface area contributed by atoms with Crippen LogP contribution in [0, 0.1) is 0 Å². The Bertz CT molecular complexity index is 393. The van der Waals surface area contributed by atoms with Crippen molar-refractivity contribution in [2.45, 2.75) is 62.2 Å². The first kappa shape index (κ1) is 11.5. The molecule has 17 heavy (non-hydrogen) atoms. The molecule has 1 atom stereocenters. The molecule has 2 N–H and O–H groups in total. The lowest BCUT2D eigenvalue weighted by atomic mass is 10.3. The number of thioether (sulfide) groups is 1. The standard InChI is InChI=1S/C12H20N4S/c1-8(13)6-7-17-12-15-14-11(9-2-3-9)16(12)10-4-5-10/h8-10H,2-7,13H2,1H3. The van der Waals surface area contributed by atoms with Crippen molar-refractivity contribution < 1.29 is 0 Å². The van der Waals surface area contributed by atoms with Crippen molar-refractivity contribution in [2.75, 3.05) is 5.75 Å². The Labute approximate surface area is 106 Å². The molecule has 0 bridgehead atoms. The SMILES string of the molecule is CC(N)CCSc1nnc(C2CC2)n1C1CC1. The van der Waals surface area contributed by atoms with Crippen LogP contribution < -0.4 is 5.73 Å². The lowest BCUT2D eigenvalue weighted by molar-refractivity contribution is 0.626. The smallest absolute Gasteiger partial charge is 0.191 e. The average molecular weight is 252 g/mol. The molecule has 1 heterocycles. The second kappa shape index (κ2) is 4.61. The molecule has 1 aromatic rings. The van der Waals surface area contributed by atoms with E-state index in [-0.39, 0.29) is 6.04 Å². The lowest BCUT2D eigenvalue weighted by Crippen LogP contribution is -2.15. The fourth-order valence-corrected chi connectivity index (χ4v) is 3.17. The summed E-state index contributed by atoms with van der Waals surface area (Å²) in [4.78, 5) is 0. The van der Waals surface area contributed by atoms with Crippen molar-refractivity contribution in [3.63, 3.8) is 0 Å². The third kappa shape index (κ3) is 2.65. The number of nitrogens with zero attached hydrogens (tertiary/aromatic N) is 3. The quantitative estimate of drug-likeness (QED) is 0.789. The molecule has 4 nitrogen and oxygen atoms in total. The lowest BCUT2D eigenvalue weighted by Gasteiger charge is -2.08. The van der Waals surface area contributed by atoms with E-state index in [4.69, 9.17) is 5.73 Å². The molecule has 2 fully saturated rings. The van der Waals surface area contributed by atoms with Gasteiger partial charge in [0.2, 0.25) is 0 Å². The summed E-state index contributed by atoms with van der Waals surface area (Å²) in [5.41, 5.74) is 5.77. The van der Waals surface area contributed by atoms with Crippen molar-refractivity contribution in [2.24, 2.45) is 5.73 Å². The molecule has 1 aromatic heterocycles. The van der Waals surface area contributed by atoms with Crippen LogP contribution in [0.5, 0.6) is 0 Å². The van der Waals surface area contributed by atoms with Crippen LogP contribution in [0.3, 0.4) is 0 Å². The van der Waals surface area contributed by atoms with E-state index in [9.17, 15) is 0 Å².